The van der Waals surface area contributed by atoms with Gasteiger partial charge in [0.1, 0.15) is 0 Å². The van der Waals surface area contributed by atoms with E-state index in [1.165, 1.54) is 5.56 Å². The van der Waals surface area contributed by atoms with E-state index in [0.29, 0.717) is 0 Å². The van der Waals surface area contributed by atoms with Crippen LogP contribution in [-0.2, 0) is 12.1 Å². The average molecular weight is 411 g/mol. The van der Waals surface area contributed by atoms with Crippen LogP contribution >= 0.6 is 24.0 Å². The summed E-state index contributed by atoms with van der Waals surface area (Å²) in [6.45, 7) is 13.9. The first-order valence-corrected chi connectivity index (χ1v) is 9.77. The number of benzene rings is 1. The molecule has 1 aromatic carbocycles. The quantitative estimate of drug-likeness (QED) is 0.778. The van der Waals surface area contributed by atoms with Crippen molar-refractivity contribution in [2.45, 2.75) is 59.2 Å². The number of nitrogens with zero attached hydrogens (tertiary/aromatic N) is 3. The number of aromatic nitrogens is 2. The molecule has 1 unspecified atom stereocenters. The smallest absolute Gasteiger partial charge is 0.0983 e. The van der Waals surface area contributed by atoms with E-state index in [2.05, 4.69) is 56.5 Å². The summed E-state index contributed by atoms with van der Waals surface area (Å²) in [5, 5.41) is 5.65. The van der Waals surface area contributed by atoms with Crippen LogP contribution in [0, 0.1) is 5.41 Å². The van der Waals surface area contributed by atoms with Crippen LogP contribution in [0.5, 0.6) is 0 Å². The standard InChI is InChI=1S/C21H31ClN4.ClH/c1-20(2,3)26-13-15(12-25-11-10-18(23)21(4,5)14-25)19(24-26)16-8-6-7-9-17(16)22;/h6-9,13,18H,10-12,14,23H2,1-5H3;1H. The van der Waals surface area contributed by atoms with Crippen molar-refractivity contribution >= 4 is 24.0 Å². The zero-order valence-corrected chi connectivity index (χ0v) is 18.6. The molecule has 0 bridgehead atoms. The van der Waals surface area contributed by atoms with Gasteiger partial charge in [0.25, 0.3) is 0 Å². The Bertz CT molecular complexity index is 777. The molecule has 1 fully saturated rings. The van der Waals surface area contributed by atoms with Crippen molar-refractivity contribution in [2.24, 2.45) is 11.1 Å². The molecule has 3 rings (SSSR count). The Kier molecular flexibility index (Phi) is 6.68. The van der Waals surface area contributed by atoms with E-state index >= 15 is 0 Å². The number of nitrogens with two attached hydrogens (primary N) is 1. The maximum atomic E-state index is 6.48. The van der Waals surface area contributed by atoms with Gasteiger partial charge in [0.15, 0.2) is 0 Å². The normalized spacial score (nSPS) is 20.3. The van der Waals surface area contributed by atoms with Crippen molar-refractivity contribution < 1.29 is 0 Å². The van der Waals surface area contributed by atoms with E-state index < -0.39 is 0 Å². The van der Waals surface area contributed by atoms with Gasteiger partial charge in [0.05, 0.1) is 16.3 Å². The Hall–Kier alpha value is -1.07. The van der Waals surface area contributed by atoms with Gasteiger partial charge < -0.3 is 5.73 Å². The number of piperidine rings is 1. The van der Waals surface area contributed by atoms with Crippen molar-refractivity contribution in [3.63, 3.8) is 0 Å². The predicted molar refractivity (Wildman–Crippen MR) is 117 cm³/mol. The second kappa shape index (κ2) is 8.12. The van der Waals surface area contributed by atoms with Gasteiger partial charge in [0, 0.05) is 43.0 Å². The predicted octanol–water partition coefficient (Wildman–Crippen LogP) is 4.94. The van der Waals surface area contributed by atoms with Crippen molar-refractivity contribution in [3.05, 3.63) is 41.0 Å². The molecule has 6 heteroatoms. The summed E-state index contributed by atoms with van der Waals surface area (Å²) in [5.74, 6) is 0. The lowest BCUT2D eigenvalue weighted by atomic mass is 9.79. The third-order valence-electron chi connectivity index (χ3n) is 5.39. The summed E-state index contributed by atoms with van der Waals surface area (Å²) < 4.78 is 2.06. The SMILES string of the molecule is CC1(C)CN(Cc2cn(C(C)(C)C)nc2-c2ccccc2Cl)CCC1N.Cl. The third kappa shape index (κ3) is 4.86. The van der Waals surface area contributed by atoms with Gasteiger partial charge in [-0.2, -0.15) is 5.10 Å². The lowest BCUT2D eigenvalue weighted by Crippen LogP contribution is -2.52. The van der Waals surface area contributed by atoms with Crippen molar-refractivity contribution in [1.29, 1.82) is 0 Å². The van der Waals surface area contributed by atoms with Gasteiger partial charge >= 0.3 is 0 Å². The molecule has 1 aliphatic rings. The summed E-state index contributed by atoms with van der Waals surface area (Å²) in [6, 6.07) is 8.22. The zero-order chi connectivity index (χ0) is 19.1. The lowest BCUT2D eigenvalue weighted by molar-refractivity contribution is 0.0899. The summed E-state index contributed by atoms with van der Waals surface area (Å²) in [4.78, 5) is 2.49. The Morgan fingerprint density at radius 2 is 1.93 bits per heavy atom. The maximum Gasteiger partial charge on any atom is 0.0983 e. The Morgan fingerprint density at radius 1 is 1.26 bits per heavy atom. The molecule has 2 N–H and O–H groups in total. The van der Waals surface area contributed by atoms with Crippen molar-refractivity contribution in [3.8, 4) is 11.3 Å². The number of halogens is 2. The zero-order valence-electron chi connectivity index (χ0n) is 17.0. The highest BCUT2D eigenvalue weighted by molar-refractivity contribution is 6.33. The van der Waals surface area contributed by atoms with Crippen LogP contribution in [-0.4, -0.2) is 33.8 Å². The highest BCUT2D eigenvalue weighted by atomic mass is 35.5. The minimum atomic E-state index is -0.0716. The van der Waals surface area contributed by atoms with Gasteiger partial charge in [-0.05, 0) is 38.7 Å². The van der Waals surface area contributed by atoms with E-state index in [-0.39, 0.29) is 29.4 Å². The molecule has 0 spiro atoms. The van der Waals surface area contributed by atoms with Crippen molar-refractivity contribution in [2.75, 3.05) is 13.1 Å². The molecule has 0 saturated carbocycles. The van der Waals surface area contributed by atoms with Gasteiger partial charge in [-0.1, -0.05) is 43.6 Å². The molecule has 2 aromatic rings. The van der Waals surface area contributed by atoms with Crippen LogP contribution in [0.15, 0.2) is 30.5 Å². The summed E-state index contributed by atoms with van der Waals surface area (Å²) in [6.07, 6.45) is 3.21. The third-order valence-corrected chi connectivity index (χ3v) is 5.72. The molecule has 1 saturated heterocycles. The lowest BCUT2D eigenvalue weighted by Gasteiger charge is -2.42. The monoisotopic (exact) mass is 410 g/mol. The molecule has 4 nitrogen and oxygen atoms in total. The minimum absolute atomic E-state index is 0. The molecule has 0 radical (unpaired) electrons. The van der Waals surface area contributed by atoms with Crippen molar-refractivity contribution in [1.82, 2.24) is 14.7 Å². The van der Waals surface area contributed by atoms with E-state index in [4.69, 9.17) is 22.4 Å². The first-order valence-electron chi connectivity index (χ1n) is 9.40. The topological polar surface area (TPSA) is 47.1 Å². The molecule has 1 aliphatic heterocycles. The fourth-order valence-corrected chi connectivity index (χ4v) is 3.84. The second-order valence-corrected chi connectivity index (χ2v) is 9.60. The van der Waals surface area contributed by atoms with Crippen LogP contribution in [0.25, 0.3) is 11.3 Å². The van der Waals surface area contributed by atoms with E-state index in [1.807, 2.05) is 18.2 Å². The Balaban J connectivity index is 0.00000261. The molecule has 150 valence electrons. The fourth-order valence-electron chi connectivity index (χ4n) is 3.61. The van der Waals surface area contributed by atoms with E-state index in [1.54, 1.807) is 0 Å². The van der Waals surface area contributed by atoms with Gasteiger partial charge in [0.2, 0.25) is 0 Å². The van der Waals surface area contributed by atoms with Crippen LogP contribution in [0.1, 0.15) is 46.6 Å². The van der Waals surface area contributed by atoms with Crippen LogP contribution < -0.4 is 5.73 Å². The van der Waals surface area contributed by atoms with E-state index in [9.17, 15) is 0 Å². The van der Waals surface area contributed by atoms with Crippen LogP contribution in [0.3, 0.4) is 0 Å². The second-order valence-electron chi connectivity index (χ2n) is 9.19. The average Bonchev–Trinajstić information content (AvgIpc) is 2.95. The molecule has 1 aromatic heterocycles. The molecule has 1 atom stereocenters. The minimum Gasteiger partial charge on any atom is -0.327 e. The summed E-state index contributed by atoms with van der Waals surface area (Å²) in [5.41, 5.74) is 9.57. The highest BCUT2D eigenvalue weighted by Crippen LogP contribution is 2.33. The number of hydrogen-bond acceptors (Lipinski definition) is 3. The van der Waals surface area contributed by atoms with Gasteiger partial charge in [-0.25, -0.2) is 0 Å². The Labute approximate surface area is 174 Å². The molecule has 0 aliphatic carbocycles. The van der Waals surface area contributed by atoms with Crippen LogP contribution in [0.2, 0.25) is 5.02 Å². The summed E-state index contributed by atoms with van der Waals surface area (Å²) >= 11 is 6.48. The highest BCUT2D eigenvalue weighted by Gasteiger charge is 2.34. The molecule has 27 heavy (non-hydrogen) atoms. The largest absolute Gasteiger partial charge is 0.327 e. The first-order chi connectivity index (χ1) is 12.1. The number of rotatable bonds is 3. The van der Waals surface area contributed by atoms with Gasteiger partial charge in [-0.15, -0.1) is 12.4 Å². The molecule has 0 amide bonds. The maximum absolute atomic E-state index is 6.48. The fraction of sp³-hybridized carbons (Fsp3) is 0.571. The molecular formula is C21H32Cl2N4. The van der Waals surface area contributed by atoms with E-state index in [0.717, 1.165) is 42.3 Å². The van der Waals surface area contributed by atoms with Gasteiger partial charge in [-0.3, -0.25) is 9.58 Å². The Morgan fingerprint density at radius 3 is 2.52 bits per heavy atom. The van der Waals surface area contributed by atoms with Crippen LogP contribution in [0.4, 0.5) is 0 Å². The molecule has 2 heterocycles. The molecular weight excluding hydrogens is 379 g/mol. The number of hydrogen-bond donors (Lipinski definition) is 1. The number of likely N-dealkylation sites (tertiary alicyclic amines) is 1. The summed E-state index contributed by atoms with van der Waals surface area (Å²) in [7, 11) is 0. The first kappa shape index (κ1) is 22.2.